The van der Waals surface area contributed by atoms with Gasteiger partial charge in [-0.1, -0.05) is 11.6 Å². The molecule has 6 nitrogen and oxygen atoms in total. The van der Waals surface area contributed by atoms with Gasteiger partial charge in [-0.3, -0.25) is 9.59 Å². The van der Waals surface area contributed by atoms with Crippen molar-refractivity contribution in [3.8, 4) is 0 Å². The standard InChI is InChI=1S/C17H14ClFN2O4/c1-9(25-17(24)13-8-11(18)4-7-14(13)19)16(23)21-12-5-2-10(3-6-12)15(20)22/h2-9H,1H3,(H2,20,22)(H,21,23). The number of esters is 1. The van der Waals surface area contributed by atoms with Crippen LogP contribution in [0.25, 0.3) is 0 Å². The maximum absolute atomic E-state index is 13.6. The molecule has 2 rings (SSSR count). The van der Waals surface area contributed by atoms with Gasteiger partial charge in [0.25, 0.3) is 5.91 Å². The molecular formula is C17H14ClFN2O4. The fourth-order valence-corrected chi connectivity index (χ4v) is 2.07. The molecule has 0 heterocycles. The van der Waals surface area contributed by atoms with Crippen molar-refractivity contribution < 1.29 is 23.5 Å². The summed E-state index contributed by atoms with van der Waals surface area (Å²) in [5.74, 6) is -3.03. The predicted octanol–water partition coefficient (Wildman–Crippen LogP) is 2.76. The Hall–Kier alpha value is -2.93. The van der Waals surface area contributed by atoms with Gasteiger partial charge in [0.05, 0.1) is 5.56 Å². The van der Waals surface area contributed by atoms with Crippen molar-refractivity contribution in [2.24, 2.45) is 5.73 Å². The molecule has 25 heavy (non-hydrogen) atoms. The quantitative estimate of drug-likeness (QED) is 0.797. The van der Waals surface area contributed by atoms with Gasteiger partial charge in [-0.05, 0) is 49.4 Å². The van der Waals surface area contributed by atoms with E-state index in [0.717, 1.165) is 12.1 Å². The maximum Gasteiger partial charge on any atom is 0.341 e. The van der Waals surface area contributed by atoms with E-state index in [4.69, 9.17) is 22.1 Å². The van der Waals surface area contributed by atoms with E-state index in [2.05, 4.69) is 5.32 Å². The van der Waals surface area contributed by atoms with E-state index in [1.54, 1.807) is 0 Å². The molecule has 0 bridgehead atoms. The first-order valence-corrected chi connectivity index (χ1v) is 7.52. The molecule has 0 saturated heterocycles. The SMILES string of the molecule is CC(OC(=O)c1cc(Cl)ccc1F)C(=O)Nc1ccc(C(N)=O)cc1. The second-order valence-corrected chi connectivity index (χ2v) is 5.54. The summed E-state index contributed by atoms with van der Waals surface area (Å²) in [6, 6.07) is 9.27. The molecule has 0 saturated carbocycles. The fourth-order valence-electron chi connectivity index (χ4n) is 1.89. The number of ether oxygens (including phenoxy) is 1. The first-order chi connectivity index (χ1) is 11.8. The smallest absolute Gasteiger partial charge is 0.341 e. The second kappa shape index (κ2) is 7.76. The van der Waals surface area contributed by atoms with Crippen LogP contribution in [0.4, 0.5) is 10.1 Å². The third kappa shape index (κ3) is 4.77. The number of hydrogen-bond acceptors (Lipinski definition) is 4. The van der Waals surface area contributed by atoms with Crippen LogP contribution in [-0.2, 0) is 9.53 Å². The largest absolute Gasteiger partial charge is 0.449 e. The minimum absolute atomic E-state index is 0.167. The lowest BCUT2D eigenvalue weighted by atomic mass is 10.2. The number of carbonyl (C=O) groups is 3. The number of carbonyl (C=O) groups excluding carboxylic acids is 3. The van der Waals surface area contributed by atoms with E-state index >= 15 is 0 Å². The highest BCUT2D eigenvalue weighted by atomic mass is 35.5. The van der Waals surface area contributed by atoms with Crippen LogP contribution in [-0.4, -0.2) is 23.9 Å². The minimum atomic E-state index is -1.18. The van der Waals surface area contributed by atoms with Gasteiger partial charge in [0, 0.05) is 16.3 Å². The van der Waals surface area contributed by atoms with Crippen molar-refractivity contribution in [1.82, 2.24) is 0 Å². The summed E-state index contributed by atoms with van der Waals surface area (Å²) in [6.07, 6.45) is -1.18. The highest BCUT2D eigenvalue weighted by Crippen LogP contribution is 2.17. The average molecular weight is 365 g/mol. The van der Waals surface area contributed by atoms with E-state index < -0.39 is 29.7 Å². The predicted molar refractivity (Wildman–Crippen MR) is 89.9 cm³/mol. The molecule has 1 atom stereocenters. The molecule has 130 valence electrons. The van der Waals surface area contributed by atoms with E-state index in [1.165, 1.54) is 37.3 Å². The maximum atomic E-state index is 13.6. The summed E-state index contributed by atoms with van der Waals surface area (Å²) in [4.78, 5) is 35.0. The van der Waals surface area contributed by atoms with Crippen molar-refractivity contribution in [1.29, 1.82) is 0 Å². The summed E-state index contributed by atoms with van der Waals surface area (Å²) >= 11 is 5.72. The van der Waals surface area contributed by atoms with Gasteiger partial charge >= 0.3 is 5.97 Å². The molecule has 0 aromatic heterocycles. The molecule has 8 heteroatoms. The van der Waals surface area contributed by atoms with Gasteiger partial charge in [-0.2, -0.15) is 0 Å². The van der Waals surface area contributed by atoms with Crippen molar-refractivity contribution in [2.45, 2.75) is 13.0 Å². The topological polar surface area (TPSA) is 98.5 Å². The Morgan fingerprint density at radius 1 is 1.16 bits per heavy atom. The molecule has 0 aliphatic rings. The Morgan fingerprint density at radius 3 is 2.40 bits per heavy atom. The van der Waals surface area contributed by atoms with Gasteiger partial charge in [0.1, 0.15) is 5.82 Å². The Kier molecular flexibility index (Phi) is 5.71. The highest BCUT2D eigenvalue weighted by Gasteiger charge is 2.21. The lowest BCUT2D eigenvalue weighted by Crippen LogP contribution is -2.30. The monoisotopic (exact) mass is 364 g/mol. The molecule has 0 aliphatic carbocycles. The van der Waals surface area contributed by atoms with Crippen molar-refractivity contribution in [3.05, 3.63) is 64.4 Å². The normalized spacial score (nSPS) is 11.5. The zero-order valence-corrected chi connectivity index (χ0v) is 13.8. The van der Waals surface area contributed by atoms with Crippen molar-refractivity contribution in [3.63, 3.8) is 0 Å². The Bertz CT molecular complexity index is 824. The first-order valence-electron chi connectivity index (χ1n) is 7.14. The highest BCUT2D eigenvalue weighted by molar-refractivity contribution is 6.30. The van der Waals surface area contributed by atoms with Gasteiger partial charge in [0.2, 0.25) is 5.91 Å². The van der Waals surface area contributed by atoms with Crippen molar-refractivity contribution >= 4 is 35.1 Å². The Balaban J connectivity index is 2.01. The average Bonchev–Trinajstić information content (AvgIpc) is 2.57. The number of halogens is 2. The van der Waals surface area contributed by atoms with Crippen LogP contribution in [0.5, 0.6) is 0 Å². The zero-order chi connectivity index (χ0) is 18.6. The molecule has 0 spiro atoms. The lowest BCUT2D eigenvalue weighted by Gasteiger charge is -2.14. The van der Waals surface area contributed by atoms with Gasteiger partial charge in [-0.25, -0.2) is 9.18 Å². The molecule has 2 aromatic carbocycles. The minimum Gasteiger partial charge on any atom is -0.449 e. The van der Waals surface area contributed by atoms with Crippen LogP contribution in [0.2, 0.25) is 5.02 Å². The van der Waals surface area contributed by atoms with Gasteiger partial charge in [-0.15, -0.1) is 0 Å². The molecule has 0 fully saturated rings. The van der Waals surface area contributed by atoms with E-state index in [1.807, 2.05) is 0 Å². The lowest BCUT2D eigenvalue weighted by molar-refractivity contribution is -0.123. The van der Waals surface area contributed by atoms with E-state index in [-0.39, 0.29) is 16.1 Å². The van der Waals surface area contributed by atoms with Crippen LogP contribution in [0.1, 0.15) is 27.6 Å². The third-order valence-corrected chi connectivity index (χ3v) is 3.47. The molecule has 0 radical (unpaired) electrons. The number of anilines is 1. The number of hydrogen-bond donors (Lipinski definition) is 2. The number of amides is 2. The van der Waals surface area contributed by atoms with E-state index in [9.17, 15) is 18.8 Å². The second-order valence-electron chi connectivity index (χ2n) is 5.10. The summed E-state index contributed by atoms with van der Waals surface area (Å²) in [6.45, 7) is 1.34. The Morgan fingerprint density at radius 2 is 1.80 bits per heavy atom. The van der Waals surface area contributed by atoms with Crippen LogP contribution >= 0.6 is 11.6 Å². The molecule has 3 N–H and O–H groups in total. The molecule has 2 amide bonds. The molecular weight excluding hydrogens is 351 g/mol. The zero-order valence-electron chi connectivity index (χ0n) is 13.1. The van der Waals surface area contributed by atoms with Crippen LogP contribution in [0.15, 0.2) is 42.5 Å². The summed E-state index contributed by atoms with van der Waals surface area (Å²) in [7, 11) is 0. The molecule has 2 aromatic rings. The fraction of sp³-hybridized carbons (Fsp3) is 0.118. The van der Waals surface area contributed by atoms with Crippen molar-refractivity contribution in [2.75, 3.05) is 5.32 Å². The number of rotatable bonds is 5. The summed E-state index contributed by atoms with van der Waals surface area (Å²) in [5.41, 5.74) is 5.43. The summed E-state index contributed by atoms with van der Waals surface area (Å²) in [5, 5.41) is 2.67. The first kappa shape index (κ1) is 18.4. The third-order valence-electron chi connectivity index (χ3n) is 3.24. The number of nitrogens with one attached hydrogen (secondary N) is 1. The number of benzene rings is 2. The number of primary amides is 1. The van der Waals surface area contributed by atoms with Gasteiger partial charge in [0.15, 0.2) is 6.10 Å². The molecule has 1 unspecified atom stereocenters. The van der Waals surface area contributed by atoms with E-state index in [0.29, 0.717) is 5.69 Å². The molecule has 0 aliphatic heterocycles. The van der Waals surface area contributed by atoms with Crippen LogP contribution in [0, 0.1) is 5.82 Å². The Labute approximate surface area is 147 Å². The van der Waals surface area contributed by atoms with Crippen LogP contribution in [0.3, 0.4) is 0 Å². The van der Waals surface area contributed by atoms with Crippen LogP contribution < -0.4 is 11.1 Å². The van der Waals surface area contributed by atoms with Gasteiger partial charge < -0.3 is 15.8 Å². The summed E-state index contributed by atoms with van der Waals surface area (Å²) < 4.78 is 18.6. The number of nitrogens with two attached hydrogens (primary N) is 1.